The lowest BCUT2D eigenvalue weighted by Gasteiger charge is -2.18. The fourth-order valence-corrected chi connectivity index (χ4v) is 12.3. The summed E-state index contributed by atoms with van der Waals surface area (Å²) in [6.07, 6.45) is 88.1. The summed E-state index contributed by atoms with van der Waals surface area (Å²) in [6, 6.07) is 0. The maximum Gasteiger partial charge on any atom is 0.306 e. The van der Waals surface area contributed by atoms with E-state index in [1.165, 1.54) is 353 Å². The molecule has 0 saturated carbocycles. The fourth-order valence-electron chi connectivity index (χ4n) is 12.3. The topological polar surface area (TPSA) is 78.9 Å². The van der Waals surface area contributed by atoms with Crippen LogP contribution in [0.25, 0.3) is 0 Å². The van der Waals surface area contributed by atoms with Crippen molar-refractivity contribution in [1.29, 1.82) is 0 Å². The first-order valence-electron chi connectivity index (χ1n) is 38.5. The van der Waals surface area contributed by atoms with Gasteiger partial charge in [0.2, 0.25) is 0 Å². The molecule has 0 N–H and O–H groups in total. The number of hydrogen-bond acceptors (Lipinski definition) is 6. The molecule has 6 nitrogen and oxygen atoms in total. The van der Waals surface area contributed by atoms with Gasteiger partial charge >= 0.3 is 17.9 Å². The first-order valence-corrected chi connectivity index (χ1v) is 38.5. The summed E-state index contributed by atoms with van der Waals surface area (Å²) in [4.78, 5) is 38.1. The lowest BCUT2D eigenvalue weighted by molar-refractivity contribution is -0.167. The van der Waals surface area contributed by atoms with Crippen LogP contribution in [0.5, 0.6) is 0 Å². The van der Waals surface area contributed by atoms with E-state index in [1.807, 2.05) is 0 Å². The van der Waals surface area contributed by atoms with Crippen molar-refractivity contribution in [1.82, 2.24) is 0 Å². The van der Waals surface area contributed by atoms with Crippen molar-refractivity contribution in [2.45, 2.75) is 463 Å². The van der Waals surface area contributed by atoms with Gasteiger partial charge in [-0.1, -0.05) is 419 Å². The van der Waals surface area contributed by atoms with E-state index in [4.69, 9.17) is 14.2 Å². The Labute approximate surface area is 520 Å². The van der Waals surface area contributed by atoms with Crippen LogP contribution in [-0.4, -0.2) is 37.2 Å². The standard InChI is InChI=1S/C77H150O6/c1-4-7-10-13-15-17-19-21-23-25-27-29-31-33-35-37-39-41-43-45-47-49-51-53-55-57-59-61-64-67-70-76(79)82-73-74(72-81-75(78)69-66-63-12-9-6-3)83-77(80)71-68-65-62-60-58-56-54-52-50-48-46-44-42-40-38-36-34-32-30-28-26-24-22-20-18-16-14-11-8-5-2/h74H,4-73H2,1-3H3. The van der Waals surface area contributed by atoms with Crippen LogP contribution in [0.15, 0.2) is 0 Å². The van der Waals surface area contributed by atoms with Crippen molar-refractivity contribution < 1.29 is 28.6 Å². The first-order chi connectivity index (χ1) is 41.0. The molecule has 83 heavy (non-hydrogen) atoms. The third-order valence-corrected chi connectivity index (χ3v) is 18.1. The summed E-state index contributed by atoms with van der Waals surface area (Å²) < 4.78 is 16.9. The van der Waals surface area contributed by atoms with Crippen molar-refractivity contribution in [3.05, 3.63) is 0 Å². The van der Waals surface area contributed by atoms with Gasteiger partial charge in [-0.25, -0.2) is 0 Å². The molecule has 0 aromatic heterocycles. The maximum absolute atomic E-state index is 12.9. The molecule has 6 heteroatoms. The number of ether oxygens (including phenoxy) is 3. The van der Waals surface area contributed by atoms with E-state index >= 15 is 0 Å². The summed E-state index contributed by atoms with van der Waals surface area (Å²) >= 11 is 0. The lowest BCUT2D eigenvalue weighted by atomic mass is 10.0. The van der Waals surface area contributed by atoms with E-state index in [2.05, 4.69) is 20.8 Å². The molecular weight excluding hydrogens is 1020 g/mol. The van der Waals surface area contributed by atoms with Crippen LogP contribution in [0.4, 0.5) is 0 Å². The summed E-state index contributed by atoms with van der Waals surface area (Å²) in [5.74, 6) is -0.839. The van der Waals surface area contributed by atoms with Gasteiger partial charge in [-0.05, 0) is 19.3 Å². The van der Waals surface area contributed by atoms with Crippen LogP contribution in [0.1, 0.15) is 457 Å². The molecule has 0 heterocycles. The van der Waals surface area contributed by atoms with E-state index in [0.717, 1.165) is 64.2 Å². The normalized spacial score (nSPS) is 11.9. The van der Waals surface area contributed by atoms with Gasteiger partial charge in [0.05, 0.1) is 0 Å². The monoisotopic (exact) mass is 1170 g/mol. The van der Waals surface area contributed by atoms with Crippen LogP contribution in [0.3, 0.4) is 0 Å². The Bertz CT molecular complexity index is 1250. The zero-order valence-electron chi connectivity index (χ0n) is 57.0. The largest absolute Gasteiger partial charge is 0.462 e. The number of carbonyl (C=O) groups excluding carboxylic acids is 3. The van der Waals surface area contributed by atoms with Gasteiger partial charge in [-0.2, -0.15) is 0 Å². The highest BCUT2D eigenvalue weighted by atomic mass is 16.6. The van der Waals surface area contributed by atoms with Gasteiger partial charge in [-0.15, -0.1) is 0 Å². The number of carbonyl (C=O) groups is 3. The molecule has 0 aliphatic rings. The third-order valence-electron chi connectivity index (χ3n) is 18.1. The Morgan fingerprint density at radius 2 is 0.325 bits per heavy atom. The second-order valence-corrected chi connectivity index (χ2v) is 26.6. The van der Waals surface area contributed by atoms with Crippen molar-refractivity contribution >= 4 is 17.9 Å². The smallest absolute Gasteiger partial charge is 0.306 e. The molecule has 0 aliphatic carbocycles. The fraction of sp³-hybridized carbons (Fsp3) is 0.961. The molecule has 0 bridgehead atoms. The van der Waals surface area contributed by atoms with Gasteiger partial charge in [0.1, 0.15) is 13.2 Å². The molecule has 0 aromatic carbocycles. The molecule has 0 radical (unpaired) electrons. The molecule has 494 valence electrons. The molecular formula is C77H150O6. The van der Waals surface area contributed by atoms with Crippen LogP contribution in [0, 0.1) is 0 Å². The van der Waals surface area contributed by atoms with Crippen LogP contribution >= 0.6 is 0 Å². The van der Waals surface area contributed by atoms with Crippen molar-refractivity contribution in [2.75, 3.05) is 13.2 Å². The summed E-state index contributed by atoms with van der Waals surface area (Å²) in [5, 5.41) is 0. The zero-order chi connectivity index (χ0) is 59.9. The van der Waals surface area contributed by atoms with Gasteiger partial charge in [0.15, 0.2) is 6.10 Å². The Kier molecular flexibility index (Phi) is 71.5. The first kappa shape index (κ1) is 81.4. The molecule has 0 aliphatic heterocycles. The predicted octanol–water partition coefficient (Wildman–Crippen LogP) is 26.6. The van der Waals surface area contributed by atoms with Gasteiger partial charge < -0.3 is 14.2 Å². The quantitative estimate of drug-likeness (QED) is 0.0343. The SMILES string of the molecule is CCCCCCCCCCCCCCCCCCCCCCCCCCCCCCCCC(=O)OCC(COC(=O)CCCCCCC)OC(=O)CCCCCCCCCCCCCCCCCCCCCCCCCCCCCCCC. The molecule has 0 saturated heterocycles. The third kappa shape index (κ3) is 71.1. The molecule has 0 amide bonds. The zero-order valence-corrected chi connectivity index (χ0v) is 57.0. The molecule has 1 unspecified atom stereocenters. The maximum atomic E-state index is 12.9. The number of unbranched alkanes of at least 4 members (excludes halogenated alkanes) is 62. The average molecular weight is 1170 g/mol. The average Bonchev–Trinajstić information content (AvgIpc) is 3.49. The highest BCUT2D eigenvalue weighted by Crippen LogP contribution is 2.20. The highest BCUT2D eigenvalue weighted by Gasteiger charge is 2.20. The van der Waals surface area contributed by atoms with Crippen LogP contribution < -0.4 is 0 Å². The van der Waals surface area contributed by atoms with E-state index in [-0.39, 0.29) is 31.1 Å². The van der Waals surface area contributed by atoms with Crippen molar-refractivity contribution in [2.24, 2.45) is 0 Å². The van der Waals surface area contributed by atoms with Crippen molar-refractivity contribution in [3.8, 4) is 0 Å². The molecule has 0 aromatic rings. The summed E-state index contributed by atoms with van der Waals surface area (Å²) in [6.45, 7) is 6.66. The number of hydrogen-bond donors (Lipinski definition) is 0. The summed E-state index contributed by atoms with van der Waals surface area (Å²) in [7, 11) is 0. The Morgan fingerprint density at radius 3 is 0.482 bits per heavy atom. The van der Waals surface area contributed by atoms with Gasteiger partial charge in [0.25, 0.3) is 0 Å². The van der Waals surface area contributed by atoms with E-state index < -0.39 is 6.10 Å². The molecule has 0 spiro atoms. The lowest BCUT2D eigenvalue weighted by Crippen LogP contribution is -2.30. The highest BCUT2D eigenvalue weighted by molar-refractivity contribution is 5.71. The second-order valence-electron chi connectivity index (χ2n) is 26.6. The van der Waals surface area contributed by atoms with E-state index in [9.17, 15) is 14.4 Å². The minimum Gasteiger partial charge on any atom is -0.462 e. The second kappa shape index (κ2) is 72.9. The Hall–Kier alpha value is -1.59. The Morgan fingerprint density at radius 1 is 0.193 bits per heavy atom. The molecule has 1 atom stereocenters. The van der Waals surface area contributed by atoms with Crippen molar-refractivity contribution in [3.63, 3.8) is 0 Å². The van der Waals surface area contributed by atoms with Crippen LogP contribution in [-0.2, 0) is 28.6 Å². The number of esters is 3. The van der Waals surface area contributed by atoms with Gasteiger partial charge in [-0.3, -0.25) is 14.4 Å². The molecule has 0 fully saturated rings. The van der Waals surface area contributed by atoms with E-state index in [1.54, 1.807) is 0 Å². The summed E-state index contributed by atoms with van der Waals surface area (Å²) in [5.41, 5.74) is 0. The van der Waals surface area contributed by atoms with Crippen LogP contribution in [0.2, 0.25) is 0 Å². The minimum absolute atomic E-state index is 0.0620. The molecule has 0 rings (SSSR count). The number of rotatable bonds is 73. The minimum atomic E-state index is -0.762. The predicted molar refractivity (Wildman–Crippen MR) is 363 cm³/mol. The Balaban J connectivity index is 3.84. The van der Waals surface area contributed by atoms with Gasteiger partial charge in [0, 0.05) is 19.3 Å². The van der Waals surface area contributed by atoms with E-state index in [0.29, 0.717) is 19.3 Å².